The second-order valence-electron chi connectivity index (χ2n) is 8.37. The number of pyridine rings is 1. The molecule has 3 aromatic rings. The Morgan fingerprint density at radius 3 is 2.75 bits per heavy atom. The molecule has 0 fully saturated rings. The van der Waals surface area contributed by atoms with E-state index in [9.17, 15) is 0 Å². The number of ether oxygens (including phenoxy) is 1. The van der Waals surface area contributed by atoms with Gasteiger partial charge in [0.2, 0.25) is 0 Å². The van der Waals surface area contributed by atoms with E-state index in [2.05, 4.69) is 49.8 Å². The highest BCUT2D eigenvalue weighted by molar-refractivity contribution is 7.99. The average molecular weight is 452 g/mol. The topological polar surface area (TPSA) is 56.1 Å². The first kappa shape index (κ1) is 22.8. The molecule has 0 radical (unpaired) electrons. The van der Waals surface area contributed by atoms with Gasteiger partial charge >= 0.3 is 0 Å². The number of hydrogen-bond acceptors (Lipinski definition) is 6. The lowest BCUT2D eigenvalue weighted by molar-refractivity contribution is 0.180. The number of thioether (sulfide) groups is 1. The summed E-state index contributed by atoms with van der Waals surface area (Å²) >= 11 is 1.79. The van der Waals surface area contributed by atoms with Crippen LogP contribution < -0.4 is 4.74 Å². The van der Waals surface area contributed by atoms with Crippen LogP contribution in [0.2, 0.25) is 0 Å². The van der Waals surface area contributed by atoms with E-state index in [1.54, 1.807) is 31.3 Å². The van der Waals surface area contributed by atoms with Crippen molar-refractivity contribution in [2.24, 2.45) is 7.05 Å². The molecule has 0 saturated heterocycles. The standard InChI is InChI=1S/C25H33N5OS/c1-4-14-30(22-8-6-19-7-9-23(31-3)18-21(19)17-22)15-5-16-32-25-28-27-24(29(25)2)20-10-12-26-13-11-20/h7,9-13,18,22H,4-6,8,14-17H2,1-3H3. The summed E-state index contributed by atoms with van der Waals surface area (Å²) in [7, 11) is 3.79. The van der Waals surface area contributed by atoms with E-state index in [1.165, 1.54) is 24.0 Å². The Balaban J connectivity index is 1.32. The van der Waals surface area contributed by atoms with Gasteiger partial charge in [0.15, 0.2) is 11.0 Å². The van der Waals surface area contributed by atoms with Crippen LogP contribution in [0.25, 0.3) is 11.4 Å². The Hall–Kier alpha value is -2.38. The molecular formula is C25H33N5OS. The number of aryl methyl sites for hydroxylation is 1. The molecule has 6 nitrogen and oxygen atoms in total. The van der Waals surface area contributed by atoms with E-state index in [1.807, 2.05) is 19.2 Å². The van der Waals surface area contributed by atoms with Crippen molar-refractivity contribution >= 4 is 11.8 Å². The normalized spacial score (nSPS) is 15.7. The number of benzene rings is 1. The zero-order valence-electron chi connectivity index (χ0n) is 19.3. The van der Waals surface area contributed by atoms with Crippen LogP contribution in [0.4, 0.5) is 0 Å². The molecule has 1 atom stereocenters. The molecule has 0 bridgehead atoms. The van der Waals surface area contributed by atoms with Crippen LogP contribution in [0.15, 0.2) is 47.9 Å². The Morgan fingerprint density at radius 2 is 1.97 bits per heavy atom. The molecule has 7 heteroatoms. The highest BCUT2D eigenvalue weighted by Gasteiger charge is 2.24. The van der Waals surface area contributed by atoms with Crippen LogP contribution in [-0.4, -0.2) is 56.6 Å². The van der Waals surface area contributed by atoms with Crippen molar-refractivity contribution in [3.8, 4) is 17.1 Å². The van der Waals surface area contributed by atoms with Gasteiger partial charge in [0.25, 0.3) is 0 Å². The van der Waals surface area contributed by atoms with Crippen molar-refractivity contribution in [3.63, 3.8) is 0 Å². The molecule has 2 aromatic heterocycles. The molecule has 0 aliphatic heterocycles. The minimum Gasteiger partial charge on any atom is -0.497 e. The molecule has 0 amide bonds. The van der Waals surface area contributed by atoms with Gasteiger partial charge in [-0.15, -0.1) is 10.2 Å². The molecule has 170 valence electrons. The third-order valence-electron chi connectivity index (χ3n) is 6.24. The largest absolute Gasteiger partial charge is 0.497 e. The van der Waals surface area contributed by atoms with Crippen LogP contribution in [-0.2, 0) is 19.9 Å². The zero-order valence-corrected chi connectivity index (χ0v) is 20.1. The Labute approximate surface area is 195 Å². The molecule has 4 rings (SSSR count). The first-order valence-corrected chi connectivity index (χ1v) is 12.5. The van der Waals surface area contributed by atoms with Crippen molar-refractivity contribution in [2.45, 2.75) is 50.2 Å². The van der Waals surface area contributed by atoms with Crippen molar-refractivity contribution in [2.75, 3.05) is 26.0 Å². The van der Waals surface area contributed by atoms with Crippen molar-refractivity contribution in [3.05, 3.63) is 53.9 Å². The Kier molecular flexibility index (Phi) is 7.81. The molecular weight excluding hydrogens is 418 g/mol. The fourth-order valence-corrected chi connectivity index (χ4v) is 5.38. The number of nitrogens with zero attached hydrogens (tertiary/aromatic N) is 5. The second kappa shape index (κ2) is 11.0. The first-order valence-electron chi connectivity index (χ1n) is 11.5. The lowest BCUT2D eigenvalue weighted by Crippen LogP contribution is -2.40. The van der Waals surface area contributed by atoms with Gasteiger partial charge in [-0.1, -0.05) is 24.8 Å². The number of fused-ring (bicyclic) bond motifs is 1. The summed E-state index contributed by atoms with van der Waals surface area (Å²) in [4.78, 5) is 6.78. The summed E-state index contributed by atoms with van der Waals surface area (Å²) in [5.41, 5.74) is 3.99. The molecule has 0 saturated carbocycles. The van der Waals surface area contributed by atoms with Crippen molar-refractivity contribution in [1.29, 1.82) is 0 Å². The third-order valence-corrected chi connectivity index (χ3v) is 7.34. The summed E-state index contributed by atoms with van der Waals surface area (Å²) in [6.07, 6.45) is 9.44. The van der Waals surface area contributed by atoms with Gasteiger partial charge in [-0.25, -0.2) is 0 Å². The van der Waals surface area contributed by atoms with Crippen LogP contribution in [0.5, 0.6) is 5.75 Å². The van der Waals surface area contributed by atoms with Crippen LogP contribution >= 0.6 is 11.8 Å². The Morgan fingerprint density at radius 1 is 1.12 bits per heavy atom. The second-order valence-corrected chi connectivity index (χ2v) is 9.43. The molecule has 1 aromatic carbocycles. The van der Waals surface area contributed by atoms with Gasteiger partial charge in [-0.3, -0.25) is 4.98 Å². The maximum absolute atomic E-state index is 5.45. The number of hydrogen-bond donors (Lipinski definition) is 0. The maximum Gasteiger partial charge on any atom is 0.191 e. The van der Waals surface area contributed by atoms with Gasteiger partial charge in [-0.2, -0.15) is 0 Å². The van der Waals surface area contributed by atoms with Gasteiger partial charge < -0.3 is 14.2 Å². The van der Waals surface area contributed by atoms with E-state index < -0.39 is 0 Å². The summed E-state index contributed by atoms with van der Waals surface area (Å²) < 4.78 is 7.53. The number of methoxy groups -OCH3 is 1. The molecule has 2 heterocycles. The molecule has 0 N–H and O–H groups in total. The van der Waals surface area contributed by atoms with E-state index in [4.69, 9.17) is 4.74 Å². The van der Waals surface area contributed by atoms with E-state index in [0.29, 0.717) is 6.04 Å². The summed E-state index contributed by atoms with van der Waals surface area (Å²) in [6.45, 7) is 4.56. The molecule has 32 heavy (non-hydrogen) atoms. The monoisotopic (exact) mass is 451 g/mol. The van der Waals surface area contributed by atoms with Crippen LogP contribution in [0, 0.1) is 0 Å². The van der Waals surface area contributed by atoms with Crippen LogP contribution in [0.1, 0.15) is 37.3 Å². The number of rotatable bonds is 10. The van der Waals surface area contributed by atoms with E-state index in [0.717, 1.165) is 60.4 Å². The molecule has 1 aliphatic rings. The quantitative estimate of drug-likeness (QED) is 0.331. The average Bonchev–Trinajstić information content (AvgIpc) is 3.21. The predicted octanol–water partition coefficient (Wildman–Crippen LogP) is 4.64. The SMILES string of the molecule is CCCN(CCCSc1nnc(-c2ccncc2)n1C)C1CCc2ccc(OC)cc2C1. The lowest BCUT2D eigenvalue weighted by Gasteiger charge is -2.35. The van der Waals surface area contributed by atoms with E-state index in [-0.39, 0.29) is 0 Å². The van der Waals surface area contributed by atoms with Gasteiger partial charge in [0.05, 0.1) is 7.11 Å². The lowest BCUT2D eigenvalue weighted by atomic mass is 9.87. The van der Waals surface area contributed by atoms with Gasteiger partial charge in [0.1, 0.15) is 5.75 Å². The molecule has 1 unspecified atom stereocenters. The maximum atomic E-state index is 5.45. The number of aromatic nitrogens is 4. The smallest absolute Gasteiger partial charge is 0.191 e. The highest BCUT2D eigenvalue weighted by atomic mass is 32.2. The highest BCUT2D eigenvalue weighted by Crippen LogP contribution is 2.28. The first-order chi connectivity index (χ1) is 15.7. The summed E-state index contributed by atoms with van der Waals surface area (Å²) in [5.74, 6) is 2.90. The minimum absolute atomic E-state index is 0.618. The van der Waals surface area contributed by atoms with Crippen molar-refractivity contribution in [1.82, 2.24) is 24.6 Å². The zero-order chi connectivity index (χ0) is 22.3. The Bertz CT molecular complexity index is 1010. The molecule has 0 spiro atoms. The predicted molar refractivity (Wildman–Crippen MR) is 130 cm³/mol. The fourth-order valence-electron chi connectivity index (χ4n) is 4.54. The minimum atomic E-state index is 0.618. The fraction of sp³-hybridized carbons (Fsp3) is 0.480. The third kappa shape index (κ3) is 5.33. The summed E-state index contributed by atoms with van der Waals surface area (Å²) in [6, 6.07) is 11.1. The molecule has 1 aliphatic carbocycles. The van der Waals surface area contributed by atoms with Crippen molar-refractivity contribution < 1.29 is 4.74 Å². The van der Waals surface area contributed by atoms with E-state index >= 15 is 0 Å². The van der Waals surface area contributed by atoms with Gasteiger partial charge in [-0.05, 0) is 80.6 Å². The van der Waals surface area contributed by atoms with Gasteiger partial charge in [0, 0.05) is 36.8 Å². The summed E-state index contributed by atoms with van der Waals surface area (Å²) in [5, 5.41) is 9.76. The van der Waals surface area contributed by atoms with Crippen LogP contribution in [0.3, 0.4) is 0 Å².